The number of ether oxygens (including phenoxy) is 1. The monoisotopic (exact) mass is 341 g/mol. The third-order valence-electron chi connectivity index (χ3n) is 3.70. The third kappa shape index (κ3) is 4.91. The summed E-state index contributed by atoms with van der Waals surface area (Å²) in [6, 6.07) is 2.29. The summed E-state index contributed by atoms with van der Waals surface area (Å²) in [4.78, 5) is 22.8. The lowest BCUT2D eigenvalue weighted by Crippen LogP contribution is -2.27. The fourth-order valence-corrected chi connectivity index (χ4v) is 2.57. The molecule has 0 saturated heterocycles. The molecule has 1 amide bonds. The van der Waals surface area contributed by atoms with Crippen LogP contribution in [0.25, 0.3) is 0 Å². The van der Waals surface area contributed by atoms with Crippen molar-refractivity contribution in [1.82, 2.24) is 0 Å². The number of carboxylic acids is 1. The number of carbonyl (C=O) groups excluding carboxylic acids is 1. The molecule has 2 rings (SSSR count). The van der Waals surface area contributed by atoms with Gasteiger partial charge in [-0.15, -0.1) is 0 Å². The molecule has 132 valence electrons. The van der Waals surface area contributed by atoms with Crippen LogP contribution < -0.4 is 5.32 Å². The second kappa shape index (κ2) is 6.75. The Morgan fingerprint density at radius 3 is 2.46 bits per heavy atom. The van der Waals surface area contributed by atoms with Gasteiger partial charge < -0.3 is 9.84 Å². The Bertz CT molecular complexity index is 651. The second-order valence-corrected chi connectivity index (χ2v) is 7.03. The number of anilines is 1. The van der Waals surface area contributed by atoms with E-state index in [0.29, 0.717) is 5.56 Å². The quantitative estimate of drug-likeness (QED) is 0.838. The van der Waals surface area contributed by atoms with Crippen molar-refractivity contribution in [1.29, 1.82) is 0 Å². The summed E-state index contributed by atoms with van der Waals surface area (Å²) < 4.78 is 32.9. The highest BCUT2D eigenvalue weighted by atomic mass is 19.2. The van der Waals surface area contributed by atoms with E-state index >= 15 is 0 Å². The maximum Gasteiger partial charge on any atom is 0.412 e. The molecule has 0 spiro atoms. The minimum Gasteiger partial charge on any atom is -0.481 e. The van der Waals surface area contributed by atoms with Crippen molar-refractivity contribution >= 4 is 17.7 Å². The van der Waals surface area contributed by atoms with Gasteiger partial charge in [0.15, 0.2) is 11.6 Å². The summed E-state index contributed by atoms with van der Waals surface area (Å²) in [5, 5.41) is 11.2. The first-order chi connectivity index (χ1) is 11.1. The number of hydrogen-bond acceptors (Lipinski definition) is 3. The van der Waals surface area contributed by atoms with Crippen LogP contribution in [0.3, 0.4) is 0 Å². The van der Waals surface area contributed by atoms with Crippen LogP contribution >= 0.6 is 0 Å². The summed E-state index contributed by atoms with van der Waals surface area (Å²) in [6.45, 7) is 4.95. The Morgan fingerprint density at radius 2 is 1.96 bits per heavy atom. The van der Waals surface area contributed by atoms with Crippen molar-refractivity contribution in [2.75, 3.05) is 5.32 Å². The summed E-state index contributed by atoms with van der Waals surface area (Å²) >= 11 is 0. The minimum atomic E-state index is -1.20. The second-order valence-electron chi connectivity index (χ2n) is 7.03. The van der Waals surface area contributed by atoms with Crippen LogP contribution in [0.15, 0.2) is 12.1 Å². The van der Waals surface area contributed by atoms with Gasteiger partial charge in [0.2, 0.25) is 0 Å². The number of carboxylic acid groups (broad SMARTS) is 1. The van der Waals surface area contributed by atoms with Gasteiger partial charge in [0, 0.05) is 0 Å². The molecule has 0 aromatic heterocycles. The zero-order valence-corrected chi connectivity index (χ0v) is 13.9. The third-order valence-corrected chi connectivity index (χ3v) is 3.70. The smallest absolute Gasteiger partial charge is 0.412 e. The van der Waals surface area contributed by atoms with E-state index in [2.05, 4.69) is 5.32 Å². The predicted molar refractivity (Wildman–Crippen MR) is 83.9 cm³/mol. The van der Waals surface area contributed by atoms with Gasteiger partial charge in [-0.2, -0.15) is 0 Å². The molecule has 5 nitrogen and oxygen atoms in total. The van der Waals surface area contributed by atoms with E-state index in [0.717, 1.165) is 18.9 Å². The SMILES string of the molecule is CC(C)(C)OC(=O)Nc1cc(C(CC(=O)O)C2CC2)cc(F)c1F. The number of aliphatic carboxylic acids is 1. The fourth-order valence-electron chi connectivity index (χ4n) is 2.57. The van der Waals surface area contributed by atoms with Crippen LogP contribution in [0, 0.1) is 17.6 Å². The maximum atomic E-state index is 14.0. The van der Waals surface area contributed by atoms with Crippen molar-refractivity contribution in [3.05, 3.63) is 29.3 Å². The van der Waals surface area contributed by atoms with E-state index in [-0.39, 0.29) is 18.0 Å². The molecule has 1 saturated carbocycles. The van der Waals surface area contributed by atoms with Crippen LogP contribution in [0.1, 0.15) is 51.5 Å². The first-order valence-electron chi connectivity index (χ1n) is 7.77. The molecule has 0 radical (unpaired) electrons. The summed E-state index contributed by atoms with van der Waals surface area (Å²) in [5.41, 5.74) is -0.767. The summed E-state index contributed by atoms with van der Waals surface area (Å²) in [7, 11) is 0. The van der Waals surface area contributed by atoms with Crippen molar-refractivity contribution < 1.29 is 28.2 Å². The van der Waals surface area contributed by atoms with E-state index < -0.39 is 35.2 Å². The number of carbonyl (C=O) groups is 2. The van der Waals surface area contributed by atoms with Crippen molar-refractivity contribution in [2.24, 2.45) is 5.92 Å². The zero-order valence-electron chi connectivity index (χ0n) is 13.9. The number of nitrogens with one attached hydrogen (secondary N) is 1. The van der Waals surface area contributed by atoms with Gasteiger partial charge in [-0.05, 0) is 63.1 Å². The molecule has 0 bridgehead atoms. The lowest BCUT2D eigenvalue weighted by Gasteiger charge is -2.21. The molecule has 7 heteroatoms. The van der Waals surface area contributed by atoms with Gasteiger partial charge in [-0.1, -0.05) is 0 Å². The number of benzene rings is 1. The maximum absolute atomic E-state index is 14.0. The van der Waals surface area contributed by atoms with Crippen LogP contribution in [-0.2, 0) is 9.53 Å². The molecule has 0 heterocycles. The Balaban J connectivity index is 2.27. The standard InChI is InChI=1S/C17H21F2NO4/c1-17(2,3)24-16(23)20-13-7-10(6-12(18)15(13)19)11(8-14(21)22)9-4-5-9/h6-7,9,11H,4-5,8H2,1-3H3,(H,20,23)(H,21,22). The Labute approximate surface area is 139 Å². The Kier molecular flexibility index (Phi) is 5.11. The lowest BCUT2D eigenvalue weighted by molar-refractivity contribution is -0.137. The molecule has 1 atom stereocenters. The van der Waals surface area contributed by atoms with Crippen LogP contribution in [-0.4, -0.2) is 22.8 Å². The highest BCUT2D eigenvalue weighted by Gasteiger charge is 2.34. The van der Waals surface area contributed by atoms with Gasteiger partial charge in [-0.25, -0.2) is 13.6 Å². The molecule has 1 aliphatic carbocycles. The van der Waals surface area contributed by atoms with Crippen LogP contribution in [0.4, 0.5) is 19.3 Å². The number of rotatable bonds is 5. The molecule has 1 aromatic carbocycles. The van der Waals surface area contributed by atoms with Crippen molar-refractivity contribution in [2.45, 2.75) is 51.6 Å². The number of amides is 1. The average molecular weight is 341 g/mol. The van der Waals surface area contributed by atoms with Crippen LogP contribution in [0.5, 0.6) is 0 Å². The highest BCUT2D eigenvalue weighted by molar-refractivity contribution is 5.85. The van der Waals surface area contributed by atoms with Gasteiger partial charge in [0.1, 0.15) is 5.60 Å². The van der Waals surface area contributed by atoms with E-state index in [1.807, 2.05) is 0 Å². The first-order valence-corrected chi connectivity index (χ1v) is 7.77. The lowest BCUT2D eigenvalue weighted by atomic mass is 9.90. The number of hydrogen-bond donors (Lipinski definition) is 2. The normalized spacial score (nSPS) is 15.7. The topological polar surface area (TPSA) is 75.6 Å². The molecule has 1 unspecified atom stereocenters. The zero-order chi connectivity index (χ0) is 18.1. The Morgan fingerprint density at radius 1 is 1.33 bits per heavy atom. The first kappa shape index (κ1) is 18.2. The van der Waals surface area contributed by atoms with E-state index in [4.69, 9.17) is 9.84 Å². The largest absolute Gasteiger partial charge is 0.481 e. The Hall–Kier alpha value is -2.18. The molecule has 1 aliphatic rings. The van der Waals surface area contributed by atoms with Crippen LogP contribution in [0.2, 0.25) is 0 Å². The number of halogens is 2. The van der Waals surface area contributed by atoms with Gasteiger partial charge in [-0.3, -0.25) is 10.1 Å². The van der Waals surface area contributed by atoms with Gasteiger partial charge in [0.25, 0.3) is 0 Å². The van der Waals surface area contributed by atoms with Gasteiger partial charge in [0.05, 0.1) is 12.1 Å². The molecule has 24 heavy (non-hydrogen) atoms. The van der Waals surface area contributed by atoms with Crippen molar-refractivity contribution in [3.8, 4) is 0 Å². The highest BCUT2D eigenvalue weighted by Crippen LogP contribution is 2.45. The molecule has 2 N–H and O–H groups in total. The van der Waals surface area contributed by atoms with Crippen molar-refractivity contribution in [3.63, 3.8) is 0 Å². The molecular weight excluding hydrogens is 320 g/mol. The molecule has 1 aromatic rings. The van der Waals surface area contributed by atoms with E-state index in [9.17, 15) is 18.4 Å². The van der Waals surface area contributed by atoms with E-state index in [1.54, 1.807) is 20.8 Å². The average Bonchev–Trinajstić information content (AvgIpc) is 3.23. The summed E-state index contributed by atoms with van der Waals surface area (Å²) in [6.07, 6.45) is 0.637. The minimum absolute atomic E-state index is 0.139. The molecule has 0 aliphatic heterocycles. The molecular formula is C17H21F2NO4. The molecule has 1 fully saturated rings. The fraction of sp³-hybridized carbons (Fsp3) is 0.529. The summed E-state index contributed by atoms with van der Waals surface area (Å²) in [5.74, 6) is -3.60. The predicted octanol–water partition coefficient (Wildman–Crippen LogP) is 4.28. The van der Waals surface area contributed by atoms with Gasteiger partial charge >= 0.3 is 12.1 Å². The van der Waals surface area contributed by atoms with E-state index in [1.165, 1.54) is 6.07 Å².